The first-order valence-electron chi connectivity index (χ1n) is 37.7. The van der Waals surface area contributed by atoms with Crippen molar-refractivity contribution in [2.45, 2.75) is 78.6 Å². The zero-order valence-electron chi connectivity index (χ0n) is 62.1. The molecule has 0 bridgehead atoms. The molecule has 19 rings (SSSR count). The lowest BCUT2D eigenvalue weighted by atomic mass is 9.33. The second-order valence-corrected chi connectivity index (χ2v) is 32.4. The quantitative estimate of drug-likeness (QED) is 0.128. The highest BCUT2D eigenvalue weighted by Crippen LogP contribution is 2.53. The van der Waals surface area contributed by atoms with Gasteiger partial charge >= 0.3 is 0 Å². The molecule has 2 aromatic heterocycles. The number of hydrogen-bond donors (Lipinski definition) is 0. The van der Waals surface area contributed by atoms with Crippen LogP contribution in [0.3, 0.4) is 0 Å². The molecule has 0 saturated carbocycles. The molecule has 5 heteroatoms. The molecule has 17 aromatic rings. The fourth-order valence-electron chi connectivity index (χ4n) is 17.1. The summed E-state index contributed by atoms with van der Waals surface area (Å²) in [6, 6.07) is 126. The van der Waals surface area contributed by atoms with Crippen molar-refractivity contribution < 1.29 is 4.42 Å². The van der Waals surface area contributed by atoms with E-state index in [2.05, 4.69) is 410 Å². The first kappa shape index (κ1) is 65.3. The summed E-state index contributed by atoms with van der Waals surface area (Å²) in [5, 5.41) is 4.61. The van der Waals surface area contributed by atoms with E-state index in [0.29, 0.717) is 0 Å². The van der Waals surface area contributed by atoms with Crippen LogP contribution in [0.15, 0.2) is 338 Å². The molecule has 0 N–H and O–H groups in total. The number of aromatic nitrogens is 1. The highest BCUT2D eigenvalue weighted by atomic mass is 16.3. The Morgan fingerprint density at radius 2 is 0.692 bits per heavy atom. The highest BCUT2D eigenvalue weighted by Gasteiger charge is 2.45. The molecule has 2 aliphatic rings. The summed E-state index contributed by atoms with van der Waals surface area (Å²) in [5.41, 5.74) is 35.2. The van der Waals surface area contributed by atoms with Crippen LogP contribution in [-0.4, -0.2) is 11.3 Å². The first-order valence-corrected chi connectivity index (χ1v) is 37.7. The summed E-state index contributed by atoms with van der Waals surface area (Å²) < 4.78 is 9.09. The normalized spacial score (nSPS) is 12.9. The molecule has 0 saturated heterocycles. The number of nitrogens with zero attached hydrogens (tertiary/aromatic N) is 3. The van der Waals surface area contributed by atoms with E-state index in [-0.39, 0.29) is 23.0 Å². The predicted octanol–water partition coefficient (Wildman–Crippen LogP) is 26.3. The van der Waals surface area contributed by atoms with Crippen LogP contribution < -0.4 is 26.2 Å². The maximum Gasteiger partial charge on any atom is 0.252 e. The van der Waals surface area contributed by atoms with Crippen LogP contribution in [0.4, 0.5) is 34.1 Å². The van der Waals surface area contributed by atoms with Gasteiger partial charge in [-0.3, -0.25) is 0 Å². The Morgan fingerprint density at radius 1 is 0.243 bits per heavy atom. The second kappa shape index (κ2) is 25.1. The van der Waals surface area contributed by atoms with Crippen molar-refractivity contribution in [2.24, 2.45) is 0 Å². The van der Waals surface area contributed by atoms with Crippen LogP contribution in [0.25, 0.3) is 127 Å². The Kier molecular flexibility index (Phi) is 15.4. The molecule has 514 valence electrons. The minimum absolute atomic E-state index is 0.0121. The van der Waals surface area contributed by atoms with Gasteiger partial charge in [0.2, 0.25) is 0 Å². The minimum atomic E-state index is -0.276. The topological polar surface area (TPSA) is 24.6 Å². The van der Waals surface area contributed by atoms with E-state index >= 15 is 0 Å². The van der Waals surface area contributed by atoms with Gasteiger partial charge in [0.15, 0.2) is 0 Å². The fourth-order valence-corrected chi connectivity index (χ4v) is 17.1. The summed E-state index contributed by atoms with van der Waals surface area (Å²) in [6.07, 6.45) is 0. The molecule has 15 aromatic carbocycles. The average molecular weight is 1380 g/mol. The Labute approximate surface area is 628 Å². The van der Waals surface area contributed by atoms with Crippen molar-refractivity contribution in [3.8, 4) is 83.6 Å². The van der Waals surface area contributed by atoms with E-state index in [9.17, 15) is 0 Å². The van der Waals surface area contributed by atoms with Crippen LogP contribution in [0, 0.1) is 0 Å². The van der Waals surface area contributed by atoms with E-state index < -0.39 is 0 Å². The zero-order chi connectivity index (χ0) is 72.6. The number of furan rings is 1. The molecule has 0 fully saturated rings. The molecule has 107 heavy (non-hydrogen) atoms. The van der Waals surface area contributed by atoms with E-state index in [0.717, 1.165) is 134 Å². The third-order valence-electron chi connectivity index (χ3n) is 22.7. The maximum absolute atomic E-state index is 6.58. The molecule has 0 radical (unpaired) electrons. The van der Waals surface area contributed by atoms with Crippen LogP contribution in [0.5, 0.6) is 0 Å². The van der Waals surface area contributed by atoms with Gasteiger partial charge in [-0.05, 0) is 195 Å². The van der Waals surface area contributed by atoms with E-state index in [1.54, 1.807) is 0 Å². The van der Waals surface area contributed by atoms with E-state index in [4.69, 9.17) is 4.42 Å². The van der Waals surface area contributed by atoms with Crippen molar-refractivity contribution in [2.75, 3.05) is 9.80 Å². The lowest BCUT2D eigenvalue weighted by molar-refractivity contribution is 0.590. The maximum atomic E-state index is 6.58. The summed E-state index contributed by atoms with van der Waals surface area (Å²) in [7, 11) is 0. The lowest BCUT2D eigenvalue weighted by Crippen LogP contribution is -2.61. The number of hydrogen-bond acceptors (Lipinski definition) is 3. The summed E-state index contributed by atoms with van der Waals surface area (Å²) in [5.74, 6) is 0. The largest absolute Gasteiger partial charge is 0.456 e. The average Bonchev–Trinajstić information content (AvgIpc) is 1.27. The Balaban J connectivity index is 0.955. The Hall–Kier alpha value is -12.4. The van der Waals surface area contributed by atoms with Gasteiger partial charge in [0.1, 0.15) is 11.2 Å². The zero-order valence-corrected chi connectivity index (χ0v) is 62.1. The lowest BCUT2D eigenvalue weighted by Gasteiger charge is -2.45. The molecule has 0 spiro atoms. The Morgan fingerprint density at radius 3 is 1.31 bits per heavy atom. The first-order chi connectivity index (χ1) is 52.0. The summed E-state index contributed by atoms with van der Waals surface area (Å²) >= 11 is 0. The summed E-state index contributed by atoms with van der Waals surface area (Å²) in [6.45, 7) is 20.5. The number of rotatable bonds is 10. The number of anilines is 6. The van der Waals surface area contributed by atoms with Crippen LogP contribution in [0.2, 0.25) is 0 Å². The molecule has 0 atom stereocenters. The van der Waals surface area contributed by atoms with Gasteiger partial charge < -0.3 is 18.8 Å². The molecule has 0 unspecified atom stereocenters. The SMILES string of the molecule is CC(C)(C)c1ccc(-c2ccc3c(c2)N(c2ccc(-c4ccccc4)cc2-c2ccccc2)c2cc(-c4ccc(C(C)(C)C)cc4)cc4c2B3c2cc(-c3c(-c5ccc6oc7ccccc7c6c5)cccc3-n3c5ccccc5c5ccccc53)ccc2N4c2ccc(C(C)(C)C)cc2-c2ccccc2)cc1. The molecular formula is C102H82BN3O. The standard InChI is InChI=1S/C102H82BN3O/c1-100(2,3)75-48-40-66(41-49-75)71-44-53-85-93(61-71)106(89-54-45-70(65-26-13-10-14-27-65)58-82(89)68-28-15-11-16-29-68)95-63-74(67-42-50-76(51-43-67)101(4,5)6)62-94-99(95)103(85)86-60-73(46-55-91(86)105(94)90-56-52-77(102(7,8)9)64-83(90)69-30-17-12-18-31-69)98-78(72-47-57-97-84(59-72)81-34-21-24-39-96(81)107-97)35-25-38-92(98)104-87-36-22-19-32-79(87)80-33-20-23-37-88(80)104/h10-64H,1-9H3. The monoisotopic (exact) mass is 1380 g/mol. The third-order valence-corrected chi connectivity index (χ3v) is 22.7. The van der Waals surface area contributed by atoms with Crippen molar-refractivity contribution in [3.05, 3.63) is 350 Å². The van der Waals surface area contributed by atoms with Gasteiger partial charge in [-0.1, -0.05) is 311 Å². The van der Waals surface area contributed by atoms with E-state index in [1.165, 1.54) is 60.5 Å². The second-order valence-electron chi connectivity index (χ2n) is 32.4. The van der Waals surface area contributed by atoms with Crippen LogP contribution in [0.1, 0.15) is 79.0 Å². The molecule has 0 amide bonds. The van der Waals surface area contributed by atoms with Crippen LogP contribution in [-0.2, 0) is 16.2 Å². The Bertz CT molecular complexity index is 6310. The number of fused-ring (bicyclic) bond motifs is 10. The molecule has 4 heterocycles. The van der Waals surface area contributed by atoms with Gasteiger partial charge in [-0.2, -0.15) is 0 Å². The molecule has 2 aliphatic heterocycles. The fraction of sp³-hybridized carbons (Fsp3) is 0.118. The van der Waals surface area contributed by atoms with Gasteiger partial charge in [-0.25, -0.2) is 0 Å². The van der Waals surface area contributed by atoms with Gasteiger partial charge in [0.05, 0.1) is 28.1 Å². The van der Waals surface area contributed by atoms with Gasteiger partial charge in [0.25, 0.3) is 6.71 Å². The van der Waals surface area contributed by atoms with Crippen LogP contribution >= 0.6 is 0 Å². The van der Waals surface area contributed by atoms with Gasteiger partial charge in [0, 0.05) is 61.0 Å². The smallest absolute Gasteiger partial charge is 0.252 e. The van der Waals surface area contributed by atoms with E-state index in [1.807, 2.05) is 0 Å². The highest BCUT2D eigenvalue weighted by molar-refractivity contribution is 7.00. The molecular weight excluding hydrogens is 1290 g/mol. The molecule has 0 aliphatic carbocycles. The number of para-hydroxylation sites is 3. The van der Waals surface area contributed by atoms with Gasteiger partial charge in [-0.15, -0.1) is 0 Å². The minimum Gasteiger partial charge on any atom is -0.456 e. The van der Waals surface area contributed by atoms with Crippen molar-refractivity contribution in [3.63, 3.8) is 0 Å². The third kappa shape index (κ3) is 11.1. The van der Waals surface area contributed by atoms with Crippen molar-refractivity contribution in [1.82, 2.24) is 4.57 Å². The predicted molar refractivity (Wildman–Crippen MR) is 456 cm³/mol. The van der Waals surface area contributed by atoms with Crippen molar-refractivity contribution >= 4 is 101 Å². The molecule has 4 nitrogen and oxygen atoms in total. The van der Waals surface area contributed by atoms with Crippen molar-refractivity contribution in [1.29, 1.82) is 0 Å². The summed E-state index contributed by atoms with van der Waals surface area (Å²) in [4.78, 5) is 5.31. The number of benzene rings is 15.